The van der Waals surface area contributed by atoms with Gasteiger partial charge in [-0.3, -0.25) is 4.90 Å². The molecule has 2 aromatic rings. The van der Waals surface area contributed by atoms with E-state index >= 15 is 0 Å². The molecule has 0 spiro atoms. The molecule has 1 heterocycles. The molecular weight excluding hydrogens is 390 g/mol. The number of ether oxygens (including phenoxy) is 2. The predicted octanol–water partition coefficient (Wildman–Crippen LogP) is 3.53. The molecule has 5 heteroatoms. The highest BCUT2D eigenvalue weighted by atomic mass is 16.5. The third-order valence-electron chi connectivity index (χ3n) is 6.74. The number of para-hydroxylation sites is 1. The minimum absolute atomic E-state index is 0.170. The zero-order chi connectivity index (χ0) is 21.7. The minimum Gasteiger partial charge on any atom is -0.490 e. The van der Waals surface area contributed by atoms with Gasteiger partial charge in [-0.2, -0.15) is 0 Å². The first-order valence-electron chi connectivity index (χ1n) is 11.4. The summed E-state index contributed by atoms with van der Waals surface area (Å²) in [6.45, 7) is 4.66. The van der Waals surface area contributed by atoms with Crippen molar-refractivity contribution in [1.82, 2.24) is 4.90 Å². The van der Waals surface area contributed by atoms with Gasteiger partial charge in [0.2, 0.25) is 0 Å². The van der Waals surface area contributed by atoms with E-state index in [4.69, 9.17) is 9.47 Å². The normalized spacial score (nSPS) is 30.0. The van der Waals surface area contributed by atoms with Crippen molar-refractivity contribution in [2.45, 2.75) is 49.7 Å². The van der Waals surface area contributed by atoms with Crippen LogP contribution >= 0.6 is 0 Å². The van der Waals surface area contributed by atoms with Gasteiger partial charge >= 0.3 is 0 Å². The van der Waals surface area contributed by atoms with Gasteiger partial charge in [-0.05, 0) is 55.7 Å². The lowest BCUT2D eigenvalue weighted by Gasteiger charge is -2.40. The van der Waals surface area contributed by atoms with Crippen LogP contribution in [0.1, 0.15) is 42.7 Å². The summed E-state index contributed by atoms with van der Waals surface area (Å²) >= 11 is 0. The molecule has 5 nitrogen and oxygen atoms in total. The predicted molar refractivity (Wildman–Crippen MR) is 121 cm³/mol. The number of β-amino-alcohol motifs (C(OH)–C–C–N with tert-alkyl or cyclic N) is 2. The van der Waals surface area contributed by atoms with Crippen LogP contribution in [0, 0.1) is 6.92 Å². The molecule has 4 rings (SSSR count). The second-order valence-electron chi connectivity index (χ2n) is 9.45. The van der Waals surface area contributed by atoms with Crippen LogP contribution in [0.3, 0.4) is 0 Å². The number of hydrogen-bond acceptors (Lipinski definition) is 5. The quantitative estimate of drug-likeness (QED) is 0.742. The molecule has 0 bridgehead atoms. The number of nitrogens with zero attached hydrogens (tertiary/aromatic N) is 1. The van der Waals surface area contributed by atoms with E-state index in [1.807, 2.05) is 37.3 Å². The fraction of sp³-hybridized carbons (Fsp3) is 0.538. The molecule has 1 aliphatic heterocycles. The van der Waals surface area contributed by atoms with Crippen LogP contribution in [0.5, 0.6) is 5.75 Å². The molecule has 168 valence electrons. The van der Waals surface area contributed by atoms with E-state index in [1.165, 1.54) is 5.56 Å². The van der Waals surface area contributed by atoms with Crippen molar-refractivity contribution in [3.05, 3.63) is 65.7 Å². The Morgan fingerprint density at radius 2 is 1.71 bits per heavy atom. The monoisotopic (exact) mass is 425 g/mol. The Morgan fingerprint density at radius 1 is 1.00 bits per heavy atom. The Morgan fingerprint density at radius 3 is 2.45 bits per heavy atom. The zero-order valence-electron chi connectivity index (χ0n) is 18.5. The fourth-order valence-electron chi connectivity index (χ4n) is 4.94. The van der Waals surface area contributed by atoms with E-state index in [0.29, 0.717) is 32.2 Å². The summed E-state index contributed by atoms with van der Waals surface area (Å²) in [6.07, 6.45) is 3.54. The summed E-state index contributed by atoms with van der Waals surface area (Å²) in [4.78, 5) is 2.15. The molecule has 1 aliphatic carbocycles. The summed E-state index contributed by atoms with van der Waals surface area (Å²) in [7, 11) is 0. The van der Waals surface area contributed by atoms with Crippen molar-refractivity contribution < 1.29 is 19.7 Å². The smallest absolute Gasteiger partial charge is 0.134 e. The minimum atomic E-state index is -1.10. The van der Waals surface area contributed by atoms with E-state index in [-0.39, 0.29) is 13.2 Å². The average Bonchev–Trinajstić information content (AvgIpc) is 2.95. The number of aryl methyl sites for hydroxylation is 1. The van der Waals surface area contributed by atoms with Crippen molar-refractivity contribution in [2.24, 2.45) is 0 Å². The molecule has 0 radical (unpaired) electrons. The summed E-state index contributed by atoms with van der Waals surface area (Å²) in [5.41, 5.74) is 0.599. The number of hydrogen-bond donors (Lipinski definition) is 2. The molecule has 2 aromatic carbocycles. The Balaban J connectivity index is 1.34. The second-order valence-corrected chi connectivity index (χ2v) is 9.45. The Hall–Kier alpha value is -1.92. The third kappa shape index (κ3) is 5.86. The maximum absolute atomic E-state index is 11.3. The lowest BCUT2D eigenvalue weighted by atomic mass is 9.76. The zero-order valence-corrected chi connectivity index (χ0v) is 18.5. The Kier molecular flexibility index (Phi) is 6.97. The molecule has 1 atom stereocenters. The van der Waals surface area contributed by atoms with E-state index in [2.05, 4.69) is 29.2 Å². The van der Waals surface area contributed by atoms with Crippen molar-refractivity contribution in [2.75, 3.05) is 39.5 Å². The third-order valence-corrected chi connectivity index (χ3v) is 6.74. The van der Waals surface area contributed by atoms with Gasteiger partial charge in [-0.1, -0.05) is 48.5 Å². The van der Waals surface area contributed by atoms with Crippen LogP contribution in [0.25, 0.3) is 0 Å². The first-order chi connectivity index (χ1) is 14.9. The highest BCUT2D eigenvalue weighted by Crippen LogP contribution is 2.38. The van der Waals surface area contributed by atoms with Gasteiger partial charge in [0.1, 0.15) is 18.0 Å². The molecule has 1 saturated heterocycles. The molecule has 31 heavy (non-hydrogen) atoms. The molecular formula is C26H35NO4. The molecule has 2 aliphatic rings. The molecule has 0 aromatic heterocycles. The second kappa shape index (κ2) is 9.70. The summed E-state index contributed by atoms with van der Waals surface area (Å²) in [5, 5.41) is 22.5. The maximum atomic E-state index is 11.3. The molecule has 1 unspecified atom stereocenters. The van der Waals surface area contributed by atoms with Gasteiger partial charge in [0.05, 0.1) is 18.8 Å². The van der Waals surface area contributed by atoms with Crippen molar-refractivity contribution in [1.29, 1.82) is 0 Å². The van der Waals surface area contributed by atoms with Crippen LogP contribution in [0.4, 0.5) is 0 Å². The molecule has 1 saturated carbocycles. The van der Waals surface area contributed by atoms with Gasteiger partial charge in [-0.25, -0.2) is 0 Å². The highest BCUT2D eigenvalue weighted by Gasteiger charge is 2.39. The van der Waals surface area contributed by atoms with Gasteiger partial charge in [0.25, 0.3) is 0 Å². The van der Waals surface area contributed by atoms with Gasteiger partial charge in [0, 0.05) is 19.6 Å². The van der Waals surface area contributed by atoms with Crippen molar-refractivity contribution in [3.63, 3.8) is 0 Å². The van der Waals surface area contributed by atoms with E-state index < -0.39 is 11.2 Å². The Labute approximate surface area is 185 Å². The van der Waals surface area contributed by atoms with Gasteiger partial charge < -0.3 is 19.7 Å². The molecule has 2 fully saturated rings. The lowest BCUT2D eigenvalue weighted by Crippen LogP contribution is -2.53. The summed E-state index contributed by atoms with van der Waals surface area (Å²) < 4.78 is 11.6. The standard InChI is InChI=1S/C26H35NO4/c1-21-7-5-6-10-24(21)31-20-26(29)18-27(15-16-30-19-26)17-25(28)13-11-23(12-14-25)22-8-3-2-4-9-22/h2-10,23,28-29H,11-20H2,1H3. The van der Waals surface area contributed by atoms with Gasteiger partial charge in [0.15, 0.2) is 0 Å². The summed E-state index contributed by atoms with van der Waals surface area (Å²) in [6, 6.07) is 18.4. The van der Waals surface area contributed by atoms with E-state index in [0.717, 1.165) is 37.0 Å². The van der Waals surface area contributed by atoms with Crippen LogP contribution in [0.2, 0.25) is 0 Å². The largest absolute Gasteiger partial charge is 0.490 e. The van der Waals surface area contributed by atoms with Crippen LogP contribution < -0.4 is 4.74 Å². The topological polar surface area (TPSA) is 62.2 Å². The van der Waals surface area contributed by atoms with E-state index in [1.54, 1.807) is 0 Å². The average molecular weight is 426 g/mol. The lowest BCUT2D eigenvalue weighted by molar-refractivity contribution is -0.0767. The van der Waals surface area contributed by atoms with Crippen LogP contribution in [-0.2, 0) is 4.74 Å². The van der Waals surface area contributed by atoms with E-state index in [9.17, 15) is 10.2 Å². The van der Waals surface area contributed by atoms with Crippen LogP contribution in [-0.4, -0.2) is 65.8 Å². The van der Waals surface area contributed by atoms with Gasteiger partial charge in [-0.15, -0.1) is 0 Å². The Bertz CT molecular complexity index is 834. The first kappa shape index (κ1) is 22.3. The SMILES string of the molecule is Cc1ccccc1OCC1(O)COCCN(CC2(O)CCC(c3ccccc3)CC2)C1. The number of aliphatic hydroxyl groups is 2. The fourth-order valence-corrected chi connectivity index (χ4v) is 4.94. The number of rotatable bonds is 6. The van der Waals surface area contributed by atoms with Crippen molar-refractivity contribution in [3.8, 4) is 5.75 Å². The molecule has 2 N–H and O–H groups in total. The first-order valence-corrected chi connectivity index (χ1v) is 11.4. The number of benzene rings is 2. The summed E-state index contributed by atoms with van der Waals surface area (Å²) in [5.74, 6) is 1.30. The highest BCUT2D eigenvalue weighted by molar-refractivity contribution is 5.31. The van der Waals surface area contributed by atoms with Crippen molar-refractivity contribution >= 4 is 0 Å². The molecule has 0 amide bonds. The maximum Gasteiger partial charge on any atom is 0.134 e. The van der Waals surface area contributed by atoms with Crippen LogP contribution in [0.15, 0.2) is 54.6 Å².